The summed E-state index contributed by atoms with van der Waals surface area (Å²) in [4.78, 5) is 45.5. The summed E-state index contributed by atoms with van der Waals surface area (Å²) in [6.07, 6.45) is 5.41. The molecule has 0 saturated heterocycles. The Balaban J connectivity index is 1.97. The van der Waals surface area contributed by atoms with Crippen LogP contribution in [0, 0.1) is 0 Å². The number of benzene rings is 1. The predicted octanol–water partition coefficient (Wildman–Crippen LogP) is 3.40. The number of thiophene rings is 1. The molecule has 9 heteroatoms. The number of amides is 1. The monoisotopic (exact) mass is 454 g/mol. The van der Waals surface area contributed by atoms with Gasteiger partial charge in [-0.25, -0.2) is 14.3 Å². The van der Waals surface area contributed by atoms with Gasteiger partial charge >= 0.3 is 5.69 Å². The van der Waals surface area contributed by atoms with Crippen LogP contribution in [0.4, 0.5) is 0 Å². The van der Waals surface area contributed by atoms with Crippen LogP contribution in [-0.4, -0.2) is 32.8 Å². The van der Waals surface area contributed by atoms with Crippen molar-refractivity contribution in [3.8, 4) is 5.69 Å². The number of rotatable bonds is 7. The van der Waals surface area contributed by atoms with Crippen LogP contribution < -0.4 is 16.6 Å². The zero-order valence-corrected chi connectivity index (χ0v) is 18.9. The predicted molar refractivity (Wildman–Crippen MR) is 127 cm³/mol. The van der Waals surface area contributed by atoms with Gasteiger partial charge in [0, 0.05) is 23.0 Å². The lowest BCUT2D eigenvalue weighted by atomic mass is 10.2. The molecule has 0 saturated carbocycles. The molecule has 0 radical (unpaired) electrons. The highest BCUT2D eigenvalue weighted by atomic mass is 32.2. The van der Waals surface area contributed by atoms with Gasteiger partial charge in [-0.15, -0.1) is 23.1 Å². The Kier molecular flexibility index (Phi) is 6.24. The molecule has 0 aliphatic heterocycles. The molecule has 3 aromatic heterocycles. The smallest absolute Gasteiger partial charge is 0.336 e. The third kappa shape index (κ3) is 4.03. The Hall–Kier alpha value is -2.91. The molecule has 0 aliphatic rings. The standard InChI is InChI=1S/C22H22N4O3S2/c1-3-4-10-23-17(27)13-25-18-16-9-6-11-24-20(16)31-19(18)21(28)26(22(25)29)14-7-5-8-15(12-14)30-2/h5-9,11-12H,3-4,10,13H2,1-2H3,(H,23,27). The molecule has 160 valence electrons. The maximum Gasteiger partial charge on any atom is 0.336 e. The average Bonchev–Trinajstić information content (AvgIpc) is 3.17. The van der Waals surface area contributed by atoms with Crippen molar-refractivity contribution in [2.24, 2.45) is 0 Å². The van der Waals surface area contributed by atoms with E-state index in [0.29, 0.717) is 32.7 Å². The van der Waals surface area contributed by atoms with Crippen molar-refractivity contribution in [3.63, 3.8) is 0 Å². The summed E-state index contributed by atoms with van der Waals surface area (Å²) in [5.41, 5.74) is 0.00848. The average molecular weight is 455 g/mol. The van der Waals surface area contributed by atoms with Crippen molar-refractivity contribution < 1.29 is 4.79 Å². The van der Waals surface area contributed by atoms with Crippen molar-refractivity contribution in [2.75, 3.05) is 12.8 Å². The van der Waals surface area contributed by atoms with E-state index in [2.05, 4.69) is 10.3 Å². The number of fused-ring (bicyclic) bond motifs is 3. The lowest BCUT2D eigenvalue weighted by molar-refractivity contribution is -0.121. The van der Waals surface area contributed by atoms with Crippen LogP contribution >= 0.6 is 23.1 Å². The molecule has 1 amide bonds. The van der Waals surface area contributed by atoms with Gasteiger partial charge in [0.2, 0.25) is 5.91 Å². The number of carbonyl (C=O) groups is 1. The fourth-order valence-corrected chi connectivity index (χ4v) is 5.00. The van der Waals surface area contributed by atoms with E-state index in [1.165, 1.54) is 27.7 Å². The normalized spacial score (nSPS) is 11.3. The van der Waals surface area contributed by atoms with Crippen LogP contribution in [0.2, 0.25) is 0 Å². The van der Waals surface area contributed by atoms with Gasteiger partial charge in [-0.2, -0.15) is 0 Å². The van der Waals surface area contributed by atoms with Crippen LogP contribution in [0.1, 0.15) is 19.8 Å². The largest absolute Gasteiger partial charge is 0.355 e. The number of nitrogens with zero attached hydrogens (tertiary/aromatic N) is 3. The second-order valence-corrected chi connectivity index (χ2v) is 8.93. The molecule has 0 unspecified atom stereocenters. The van der Waals surface area contributed by atoms with Crippen molar-refractivity contribution in [2.45, 2.75) is 31.2 Å². The van der Waals surface area contributed by atoms with Gasteiger partial charge in [-0.3, -0.25) is 14.2 Å². The summed E-state index contributed by atoms with van der Waals surface area (Å²) in [5, 5.41) is 3.55. The second kappa shape index (κ2) is 9.07. The first-order valence-electron chi connectivity index (χ1n) is 9.99. The van der Waals surface area contributed by atoms with E-state index >= 15 is 0 Å². The fourth-order valence-electron chi connectivity index (χ4n) is 3.47. The van der Waals surface area contributed by atoms with Crippen molar-refractivity contribution in [1.82, 2.24) is 19.4 Å². The summed E-state index contributed by atoms with van der Waals surface area (Å²) in [6, 6.07) is 10.8. The number of pyridine rings is 1. The number of thioether (sulfide) groups is 1. The first-order valence-corrected chi connectivity index (χ1v) is 12.0. The summed E-state index contributed by atoms with van der Waals surface area (Å²) < 4.78 is 2.95. The van der Waals surface area contributed by atoms with Gasteiger partial charge in [-0.1, -0.05) is 19.4 Å². The summed E-state index contributed by atoms with van der Waals surface area (Å²) in [5.74, 6) is -0.261. The first kappa shape index (κ1) is 21.3. The third-order valence-corrected chi connectivity index (χ3v) is 6.81. The molecule has 3 heterocycles. The Morgan fingerprint density at radius 2 is 2.06 bits per heavy atom. The SMILES string of the molecule is CCCCNC(=O)Cn1c(=O)n(-c2cccc(SC)c2)c(=O)c2sc3ncccc3c21. The maximum atomic E-state index is 13.5. The second-order valence-electron chi connectivity index (χ2n) is 7.05. The van der Waals surface area contributed by atoms with Gasteiger partial charge in [0.05, 0.1) is 11.2 Å². The molecule has 7 nitrogen and oxygen atoms in total. The molecular weight excluding hydrogens is 432 g/mol. The van der Waals surface area contributed by atoms with Gasteiger partial charge in [-0.05, 0) is 43.0 Å². The summed E-state index contributed by atoms with van der Waals surface area (Å²) >= 11 is 2.76. The molecular formula is C22H22N4O3S2. The zero-order chi connectivity index (χ0) is 22.0. The van der Waals surface area contributed by atoms with Crippen LogP contribution in [0.15, 0.2) is 57.1 Å². The number of hydrogen-bond donors (Lipinski definition) is 1. The molecule has 1 aromatic carbocycles. The van der Waals surface area contributed by atoms with Crippen molar-refractivity contribution in [1.29, 1.82) is 0 Å². The van der Waals surface area contributed by atoms with E-state index in [1.807, 2.05) is 31.4 Å². The van der Waals surface area contributed by atoms with E-state index < -0.39 is 11.2 Å². The zero-order valence-electron chi connectivity index (χ0n) is 17.3. The van der Waals surface area contributed by atoms with Gasteiger partial charge in [0.25, 0.3) is 5.56 Å². The lowest BCUT2D eigenvalue weighted by Crippen LogP contribution is -2.41. The highest BCUT2D eigenvalue weighted by Crippen LogP contribution is 2.29. The number of hydrogen-bond acceptors (Lipinski definition) is 6. The molecule has 0 fully saturated rings. The van der Waals surface area contributed by atoms with Crippen LogP contribution in [-0.2, 0) is 11.3 Å². The topological polar surface area (TPSA) is 86.0 Å². The van der Waals surface area contributed by atoms with Crippen LogP contribution in [0.3, 0.4) is 0 Å². The van der Waals surface area contributed by atoms with E-state index in [0.717, 1.165) is 22.3 Å². The quantitative estimate of drug-likeness (QED) is 0.342. The summed E-state index contributed by atoms with van der Waals surface area (Å²) in [6.45, 7) is 2.43. The minimum Gasteiger partial charge on any atom is -0.355 e. The molecule has 4 rings (SSSR count). The van der Waals surface area contributed by atoms with E-state index in [-0.39, 0.29) is 12.5 Å². The number of carbonyl (C=O) groups excluding carboxylic acids is 1. The number of aromatic nitrogens is 3. The highest BCUT2D eigenvalue weighted by Gasteiger charge is 2.21. The van der Waals surface area contributed by atoms with Crippen molar-refractivity contribution >= 4 is 49.4 Å². The Morgan fingerprint density at radius 1 is 1.23 bits per heavy atom. The fraction of sp³-hybridized carbons (Fsp3) is 0.273. The Labute approximate surface area is 186 Å². The highest BCUT2D eigenvalue weighted by molar-refractivity contribution is 7.98. The number of unbranched alkanes of at least 4 members (excludes halogenated alkanes) is 1. The molecule has 0 aliphatic carbocycles. The van der Waals surface area contributed by atoms with Gasteiger partial charge in [0.15, 0.2) is 0 Å². The molecule has 0 atom stereocenters. The first-order chi connectivity index (χ1) is 15.0. The molecule has 0 spiro atoms. The summed E-state index contributed by atoms with van der Waals surface area (Å²) in [7, 11) is 0. The Morgan fingerprint density at radius 3 is 2.84 bits per heavy atom. The van der Waals surface area contributed by atoms with E-state index in [1.54, 1.807) is 24.4 Å². The van der Waals surface area contributed by atoms with Crippen LogP contribution in [0.5, 0.6) is 0 Å². The van der Waals surface area contributed by atoms with Crippen molar-refractivity contribution in [3.05, 3.63) is 63.4 Å². The molecule has 31 heavy (non-hydrogen) atoms. The minimum absolute atomic E-state index is 0.164. The Bertz CT molecular complexity index is 1390. The van der Waals surface area contributed by atoms with Gasteiger partial charge < -0.3 is 5.32 Å². The van der Waals surface area contributed by atoms with Gasteiger partial charge in [0.1, 0.15) is 16.1 Å². The molecule has 4 aromatic rings. The van der Waals surface area contributed by atoms with E-state index in [4.69, 9.17) is 0 Å². The van der Waals surface area contributed by atoms with E-state index in [9.17, 15) is 14.4 Å². The third-order valence-electron chi connectivity index (χ3n) is 5.00. The van der Waals surface area contributed by atoms with Crippen LogP contribution in [0.25, 0.3) is 26.1 Å². The number of nitrogens with one attached hydrogen (secondary N) is 1. The lowest BCUT2D eigenvalue weighted by Gasteiger charge is -2.13. The molecule has 0 bridgehead atoms. The molecule has 1 N–H and O–H groups in total. The maximum absolute atomic E-state index is 13.5. The minimum atomic E-state index is -0.537.